The van der Waals surface area contributed by atoms with Crippen molar-refractivity contribution in [3.8, 4) is 11.5 Å². The van der Waals surface area contributed by atoms with E-state index in [4.69, 9.17) is 21.1 Å². The number of ether oxygens (including phenoxy) is 2. The average Bonchev–Trinajstić information content (AvgIpc) is 2.98. The lowest BCUT2D eigenvalue weighted by molar-refractivity contribution is 0.166. The number of thiophene rings is 1. The fourth-order valence-electron chi connectivity index (χ4n) is 2.16. The van der Waals surface area contributed by atoms with Gasteiger partial charge in [0.15, 0.2) is 0 Å². The molecule has 0 radical (unpaired) electrons. The van der Waals surface area contributed by atoms with Gasteiger partial charge in [-0.15, -0.1) is 11.3 Å². The molecule has 0 aliphatic rings. The van der Waals surface area contributed by atoms with E-state index in [2.05, 4.69) is 5.32 Å². The Kier molecular flexibility index (Phi) is 6.08. The van der Waals surface area contributed by atoms with E-state index in [1.165, 1.54) is 11.3 Å². The lowest BCUT2D eigenvalue weighted by Gasteiger charge is -2.19. The summed E-state index contributed by atoms with van der Waals surface area (Å²) in [4.78, 5) is 1.13. The summed E-state index contributed by atoms with van der Waals surface area (Å²) in [6.07, 6.45) is -0.692. The highest BCUT2D eigenvalue weighted by Gasteiger charge is 2.16. The van der Waals surface area contributed by atoms with Crippen molar-refractivity contribution in [3.05, 3.63) is 45.1 Å². The first-order chi connectivity index (χ1) is 10.5. The molecule has 1 aromatic heterocycles. The molecule has 2 rings (SSSR count). The van der Waals surface area contributed by atoms with Crippen LogP contribution in [-0.4, -0.2) is 25.9 Å². The third-order valence-corrected chi connectivity index (χ3v) is 4.85. The second-order valence-electron chi connectivity index (χ2n) is 4.90. The van der Waals surface area contributed by atoms with Gasteiger partial charge in [0, 0.05) is 23.0 Å². The molecule has 1 aromatic carbocycles. The predicted octanol–water partition coefficient (Wildman–Crippen LogP) is 3.80. The number of rotatable bonds is 7. The number of hydrogen-bond acceptors (Lipinski definition) is 5. The van der Waals surface area contributed by atoms with Crippen LogP contribution in [0.1, 0.15) is 29.5 Å². The van der Waals surface area contributed by atoms with Crippen LogP contribution in [0.3, 0.4) is 0 Å². The molecule has 0 saturated carbocycles. The SMILES string of the molecule is COc1ccc(OC)c(C(O)CNC(C)c2ccc(Cl)s2)c1. The molecule has 0 fully saturated rings. The molecule has 2 unspecified atom stereocenters. The number of aliphatic hydroxyl groups is 1. The van der Waals surface area contributed by atoms with Crippen molar-refractivity contribution in [1.29, 1.82) is 0 Å². The van der Waals surface area contributed by atoms with Crippen molar-refractivity contribution in [2.45, 2.75) is 19.1 Å². The topological polar surface area (TPSA) is 50.7 Å². The fraction of sp³-hybridized carbons (Fsp3) is 0.375. The van der Waals surface area contributed by atoms with Crippen LogP contribution >= 0.6 is 22.9 Å². The Balaban J connectivity index is 2.04. The van der Waals surface area contributed by atoms with E-state index in [1.54, 1.807) is 32.4 Å². The molecule has 0 aliphatic heterocycles. The Morgan fingerprint density at radius 2 is 2.00 bits per heavy atom. The van der Waals surface area contributed by atoms with Crippen LogP contribution in [0, 0.1) is 0 Å². The van der Waals surface area contributed by atoms with Crippen LogP contribution in [0.25, 0.3) is 0 Å². The first-order valence-electron chi connectivity index (χ1n) is 6.93. The third kappa shape index (κ3) is 4.14. The molecule has 120 valence electrons. The van der Waals surface area contributed by atoms with Gasteiger partial charge in [-0.1, -0.05) is 11.6 Å². The van der Waals surface area contributed by atoms with E-state index in [1.807, 2.05) is 19.1 Å². The van der Waals surface area contributed by atoms with Gasteiger partial charge in [0.1, 0.15) is 11.5 Å². The minimum absolute atomic E-state index is 0.115. The van der Waals surface area contributed by atoms with Crippen LogP contribution in [0.15, 0.2) is 30.3 Å². The van der Waals surface area contributed by atoms with E-state index >= 15 is 0 Å². The summed E-state index contributed by atoms with van der Waals surface area (Å²) in [6.45, 7) is 2.44. The van der Waals surface area contributed by atoms with Crippen molar-refractivity contribution in [1.82, 2.24) is 5.32 Å². The average molecular weight is 342 g/mol. The van der Waals surface area contributed by atoms with Crippen molar-refractivity contribution >= 4 is 22.9 Å². The van der Waals surface area contributed by atoms with Gasteiger partial charge in [0.25, 0.3) is 0 Å². The number of aliphatic hydroxyl groups excluding tert-OH is 1. The van der Waals surface area contributed by atoms with Crippen LogP contribution < -0.4 is 14.8 Å². The monoisotopic (exact) mass is 341 g/mol. The molecular weight excluding hydrogens is 322 g/mol. The van der Waals surface area contributed by atoms with Crippen molar-refractivity contribution in [3.63, 3.8) is 0 Å². The smallest absolute Gasteiger partial charge is 0.124 e. The maximum Gasteiger partial charge on any atom is 0.124 e. The maximum atomic E-state index is 10.4. The minimum Gasteiger partial charge on any atom is -0.497 e. The summed E-state index contributed by atoms with van der Waals surface area (Å²) in [5.41, 5.74) is 0.700. The minimum atomic E-state index is -0.692. The van der Waals surface area contributed by atoms with Gasteiger partial charge in [-0.25, -0.2) is 0 Å². The highest BCUT2D eigenvalue weighted by atomic mass is 35.5. The van der Waals surface area contributed by atoms with E-state index < -0.39 is 6.10 Å². The van der Waals surface area contributed by atoms with Crippen LogP contribution in [-0.2, 0) is 0 Å². The Morgan fingerprint density at radius 1 is 1.23 bits per heavy atom. The molecule has 0 saturated heterocycles. The molecule has 2 atom stereocenters. The van der Waals surface area contributed by atoms with Gasteiger partial charge in [-0.2, -0.15) is 0 Å². The number of halogens is 1. The zero-order valence-electron chi connectivity index (χ0n) is 12.8. The first kappa shape index (κ1) is 17.1. The van der Waals surface area contributed by atoms with Crippen molar-refractivity contribution in [2.24, 2.45) is 0 Å². The Morgan fingerprint density at radius 3 is 2.59 bits per heavy atom. The summed E-state index contributed by atoms with van der Waals surface area (Å²) in [7, 11) is 3.18. The number of hydrogen-bond donors (Lipinski definition) is 2. The summed E-state index contributed by atoms with van der Waals surface area (Å²) < 4.78 is 11.3. The van der Waals surface area contributed by atoms with Gasteiger partial charge in [0.05, 0.1) is 24.7 Å². The summed E-state index contributed by atoms with van der Waals surface area (Å²) in [5.74, 6) is 1.33. The summed E-state index contributed by atoms with van der Waals surface area (Å²) in [5, 5.41) is 13.7. The van der Waals surface area contributed by atoms with Gasteiger partial charge < -0.3 is 19.9 Å². The molecule has 4 nitrogen and oxygen atoms in total. The fourth-order valence-corrected chi connectivity index (χ4v) is 3.25. The predicted molar refractivity (Wildman–Crippen MR) is 90.3 cm³/mol. The van der Waals surface area contributed by atoms with Gasteiger partial charge in [-0.3, -0.25) is 0 Å². The van der Waals surface area contributed by atoms with E-state index in [0.29, 0.717) is 23.6 Å². The van der Waals surface area contributed by atoms with Crippen LogP contribution in [0.5, 0.6) is 11.5 Å². The quantitative estimate of drug-likeness (QED) is 0.804. The normalized spacial score (nSPS) is 13.7. The highest BCUT2D eigenvalue weighted by Crippen LogP contribution is 2.30. The molecule has 2 aromatic rings. The lowest BCUT2D eigenvalue weighted by Crippen LogP contribution is -2.24. The molecule has 0 bridgehead atoms. The van der Waals surface area contributed by atoms with Gasteiger partial charge in [0.2, 0.25) is 0 Å². The zero-order valence-corrected chi connectivity index (χ0v) is 14.4. The Hall–Kier alpha value is -1.27. The maximum absolute atomic E-state index is 10.4. The first-order valence-corrected chi connectivity index (χ1v) is 8.13. The second kappa shape index (κ2) is 7.83. The molecule has 6 heteroatoms. The zero-order chi connectivity index (χ0) is 16.1. The van der Waals surface area contributed by atoms with Crippen molar-refractivity contribution < 1.29 is 14.6 Å². The molecule has 2 N–H and O–H groups in total. The number of benzene rings is 1. The van der Waals surface area contributed by atoms with Gasteiger partial charge in [-0.05, 0) is 37.3 Å². The molecule has 1 heterocycles. The lowest BCUT2D eigenvalue weighted by atomic mass is 10.1. The van der Waals surface area contributed by atoms with E-state index in [0.717, 1.165) is 9.21 Å². The molecule has 0 amide bonds. The van der Waals surface area contributed by atoms with Crippen molar-refractivity contribution in [2.75, 3.05) is 20.8 Å². The summed E-state index contributed by atoms with van der Waals surface area (Å²) in [6, 6.07) is 9.37. The molecule has 0 aliphatic carbocycles. The Labute approximate surface area is 139 Å². The largest absolute Gasteiger partial charge is 0.497 e. The number of nitrogens with one attached hydrogen (secondary N) is 1. The third-order valence-electron chi connectivity index (χ3n) is 3.43. The summed E-state index contributed by atoms with van der Waals surface area (Å²) >= 11 is 7.48. The highest BCUT2D eigenvalue weighted by molar-refractivity contribution is 7.16. The van der Waals surface area contributed by atoms with E-state index in [9.17, 15) is 5.11 Å². The van der Waals surface area contributed by atoms with Crippen LogP contribution in [0.2, 0.25) is 4.34 Å². The molecular formula is C16H20ClNO3S. The van der Waals surface area contributed by atoms with Gasteiger partial charge >= 0.3 is 0 Å². The number of methoxy groups -OCH3 is 2. The molecule has 0 spiro atoms. The standard InChI is InChI=1S/C16H20ClNO3S/c1-10(15-6-7-16(17)22-15)18-9-13(19)12-8-11(20-2)4-5-14(12)21-3/h4-8,10,13,18-19H,9H2,1-3H3. The Bertz CT molecular complexity index is 617. The second-order valence-corrected chi connectivity index (χ2v) is 6.64. The van der Waals surface area contributed by atoms with Crippen LogP contribution in [0.4, 0.5) is 0 Å². The van der Waals surface area contributed by atoms with E-state index in [-0.39, 0.29) is 6.04 Å². The molecule has 22 heavy (non-hydrogen) atoms.